The van der Waals surface area contributed by atoms with Crippen molar-refractivity contribution in [3.63, 3.8) is 0 Å². The first kappa shape index (κ1) is 16.1. The fourth-order valence-corrected chi connectivity index (χ4v) is 3.33. The number of rotatable bonds is 3. The standard InChI is InChI=1S/C20H17ClN2O2/c21-17-8-7-14(23-20(24)18-6-3-11-25-18)12-16(17)19-15-5-2-1-4-13(15)9-10-22-19/h1-2,4-5,7-10,12,18H,3,6,11H2,(H,23,24). The van der Waals surface area contributed by atoms with E-state index >= 15 is 0 Å². The van der Waals surface area contributed by atoms with E-state index < -0.39 is 0 Å². The SMILES string of the molecule is O=C(Nc1ccc(Cl)c(-c2nccc3ccccc23)c1)C1CCCO1. The number of aromatic nitrogens is 1. The van der Waals surface area contributed by atoms with E-state index in [9.17, 15) is 4.79 Å². The number of nitrogens with zero attached hydrogens (tertiary/aromatic N) is 1. The molecule has 1 N–H and O–H groups in total. The molecule has 25 heavy (non-hydrogen) atoms. The Morgan fingerprint density at radius 1 is 1.20 bits per heavy atom. The number of pyridine rings is 1. The number of benzene rings is 2. The van der Waals surface area contributed by atoms with Gasteiger partial charge in [0.25, 0.3) is 5.91 Å². The van der Waals surface area contributed by atoms with Crippen LogP contribution in [0.3, 0.4) is 0 Å². The summed E-state index contributed by atoms with van der Waals surface area (Å²) in [6, 6.07) is 15.4. The van der Waals surface area contributed by atoms with E-state index in [2.05, 4.69) is 10.3 Å². The first-order chi connectivity index (χ1) is 12.2. The molecule has 3 aromatic rings. The van der Waals surface area contributed by atoms with Crippen LogP contribution in [0.1, 0.15) is 12.8 Å². The fourth-order valence-electron chi connectivity index (χ4n) is 3.13. The van der Waals surface area contributed by atoms with Crippen LogP contribution in [0.25, 0.3) is 22.0 Å². The molecular weight excluding hydrogens is 336 g/mol. The number of carbonyl (C=O) groups is 1. The van der Waals surface area contributed by atoms with Gasteiger partial charge < -0.3 is 10.1 Å². The number of ether oxygens (including phenoxy) is 1. The Labute approximate surface area is 150 Å². The van der Waals surface area contributed by atoms with Gasteiger partial charge in [-0.05, 0) is 42.5 Å². The zero-order valence-corrected chi connectivity index (χ0v) is 14.3. The molecule has 0 spiro atoms. The minimum Gasteiger partial charge on any atom is -0.368 e. The molecule has 0 bridgehead atoms. The summed E-state index contributed by atoms with van der Waals surface area (Å²) >= 11 is 6.42. The van der Waals surface area contributed by atoms with Gasteiger partial charge in [-0.2, -0.15) is 0 Å². The van der Waals surface area contributed by atoms with Gasteiger partial charge in [-0.25, -0.2) is 0 Å². The zero-order valence-electron chi connectivity index (χ0n) is 13.5. The summed E-state index contributed by atoms with van der Waals surface area (Å²) in [7, 11) is 0. The summed E-state index contributed by atoms with van der Waals surface area (Å²) in [6.07, 6.45) is 3.09. The Kier molecular flexibility index (Phi) is 4.38. The Bertz CT molecular complexity index is 931. The normalized spacial score (nSPS) is 16.9. The molecule has 0 radical (unpaired) electrons. The Hall–Kier alpha value is -2.43. The smallest absolute Gasteiger partial charge is 0.253 e. The molecule has 1 amide bonds. The summed E-state index contributed by atoms with van der Waals surface area (Å²) in [5, 5.41) is 5.63. The molecule has 126 valence electrons. The molecular formula is C20H17ClN2O2. The van der Waals surface area contributed by atoms with Gasteiger partial charge in [0.05, 0.1) is 10.7 Å². The van der Waals surface area contributed by atoms with Crippen LogP contribution in [0, 0.1) is 0 Å². The zero-order chi connectivity index (χ0) is 17.2. The highest BCUT2D eigenvalue weighted by Gasteiger charge is 2.23. The molecule has 5 heteroatoms. The molecule has 1 atom stereocenters. The summed E-state index contributed by atoms with van der Waals surface area (Å²) in [5.41, 5.74) is 2.29. The Morgan fingerprint density at radius 3 is 2.92 bits per heavy atom. The maximum absolute atomic E-state index is 12.3. The molecule has 1 aromatic heterocycles. The lowest BCUT2D eigenvalue weighted by Gasteiger charge is -2.13. The van der Waals surface area contributed by atoms with Crippen molar-refractivity contribution in [2.75, 3.05) is 11.9 Å². The van der Waals surface area contributed by atoms with Crippen molar-refractivity contribution in [2.45, 2.75) is 18.9 Å². The molecule has 4 nitrogen and oxygen atoms in total. The number of carbonyl (C=O) groups excluding carboxylic acids is 1. The van der Waals surface area contributed by atoms with Gasteiger partial charge in [0, 0.05) is 29.4 Å². The van der Waals surface area contributed by atoms with E-state index in [-0.39, 0.29) is 12.0 Å². The lowest BCUT2D eigenvalue weighted by atomic mass is 10.0. The second kappa shape index (κ2) is 6.82. The van der Waals surface area contributed by atoms with Crippen LogP contribution in [0.5, 0.6) is 0 Å². The molecule has 1 aliphatic rings. The van der Waals surface area contributed by atoms with Crippen LogP contribution in [0.4, 0.5) is 5.69 Å². The van der Waals surface area contributed by atoms with E-state index in [1.54, 1.807) is 18.3 Å². The van der Waals surface area contributed by atoms with Crippen molar-refractivity contribution in [2.24, 2.45) is 0 Å². The van der Waals surface area contributed by atoms with Gasteiger partial charge in [-0.3, -0.25) is 9.78 Å². The van der Waals surface area contributed by atoms with Crippen molar-refractivity contribution in [3.05, 3.63) is 59.8 Å². The summed E-state index contributed by atoms with van der Waals surface area (Å²) in [6.45, 7) is 0.643. The van der Waals surface area contributed by atoms with Gasteiger partial charge >= 0.3 is 0 Å². The minimum absolute atomic E-state index is 0.114. The highest BCUT2D eigenvalue weighted by Crippen LogP contribution is 2.33. The maximum Gasteiger partial charge on any atom is 0.253 e. The quantitative estimate of drug-likeness (QED) is 0.745. The third kappa shape index (κ3) is 3.23. The van der Waals surface area contributed by atoms with E-state index in [0.29, 0.717) is 17.3 Å². The molecule has 4 rings (SSSR count). The highest BCUT2D eigenvalue weighted by molar-refractivity contribution is 6.33. The van der Waals surface area contributed by atoms with E-state index in [0.717, 1.165) is 34.9 Å². The van der Waals surface area contributed by atoms with Crippen LogP contribution < -0.4 is 5.32 Å². The largest absolute Gasteiger partial charge is 0.368 e. The number of fused-ring (bicyclic) bond motifs is 1. The number of halogens is 1. The van der Waals surface area contributed by atoms with E-state index in [1.165, 1.54) is 0 Å². The maximum atomic E-state index is 12.3. The molecule has 2 heterocycles. The average molecular weight is 353 g/mol. The molecule has 1 saturated heterocycles. The number of anilines is 1. The van der Waals surface area contributed by atoms with Gasteiger partial charge in [-0.15, -0.1) is 0 Å². The van der Waals surface area contributed by atoms with Crippen LogP contribution in [0.15, 0.2) is 54.7 Å². The third-order valence-corrected chi connectivity index (χ3v) is 4.71. The summed E-state index contributed by atoms with van der Waals surface area (Å²) in [5.74, 6) is -0.114. The predicted molar refractivity (Wildman–Crippen MR) is 99.8 cm³/mol. The molecule has 1 unspecified atom stereocenters. The number of amides is 1. The number of hydrogen-bond donors (Lipinski definition) is 1. The van der Waals surface area contributed by atoms with Crippen LogP contribution in [0.2, 0.25) is 5.02 Å². The third-order valence-electron chi connectivity index (χ3n) is 4.38. The van der Waals surface area contributed by atoms with Crippen molar-refractivity contribution < 1.29 is 9.53 Å². The highest BCUT2D eigenvalue weighted by atomic mass is 35.5. The number of nitrogens with one attached hydrogen (secondary N) is 1. The van der Waals surface area contributed by atoms with Crippen LogP contribution in [-0.4, -0.2) is 23.6 Å². The minimum atomic E-state index is -0.366. The second-order valence-corrected chi connectivity index (χ2v) is 6.47. The van der Waals surface area contributed by atoms with Crippen LogP contribution in [-0.2, 0) is 9.53 Å². The van der Waals surface area contributed by atoms with Crippen molar-refractivity contribution in [1.82, 2.24) is 4.98 Å². The van der Waals surface area contributed by atoms with Gasteiger partial charge in [0.1, 0.15) is 6.10 Å². The number of hydrogen-bond acceptors (Lipinski definition) is 3. The van der Waals surface area contributed by atoms with Gasteiger partial charge in [0.15, 0.2) is 0 Å². The summed E-state index contributed by atoms with van der Waals surface area (Å²) in [4.78, 5) is 16.8. The lowest BCUT2D eigenvalue weighted by Crippen LogP contribution is -2.26. The molecule has 0 saturated carbocycles. The van der Waals surface area contributed by atoms with Crippen molar-refractivity contribution in [1.29, 1.82) is 0 Å². The fraction of sp³-hybridized carbons (Fsp3) is 0.200. The monoisotopic (exact) mass is 352 g/mol. The van der Waals surface area contributed by atoms with Crippen molar-refractivity contribution in [3.8, 4) is 11.3 Å². The predicted octanol–water partition coefficient (Wildman–Crippen LogP) is 4.67. The van der Waals surface area contributed by atoms with Gasteiger partial charge in [-0.1, -0.05) is 35.9 Å². The van der Waals surface area contributed by atoms with Gasteiger partial charge in [0.2, 0.25) is 0 Å². The Balaban J connectivity index is 1.71. The topological polar surface area (TPSA) is 51.2 Å². The van der Waals surface area contributed by atoms with E-state index in [4.69, 9.17) is 16.3 Å². The lowest BCUT2D eigenvalue weighted by molar-refractivity contribution is -0.124. The second-order valence-electron chi connectivity index (χ2n) is 6.07. The summed E-state index contributed by atoms with van der Waals surface area (Å²) < 4.78 is 5.43. The first-order valence-electron chi connectivity index (χ1n) is 8.28. The molecule has 0 aliphatic carbocycles. The van der Waals surface area contributed by atoms with Crippen LogP contribution >= 0.6 is 11.6 Å². The molecule has 1 fully saturated rings. The molecule has 1 aliphatic heterocycles. The average Bonchev–Trinajstić information content (AvgIpc) is 3.18. The van der Waals surface area contributed by atoms with Crippen molar-refractivity contribution >= 4 is 34.0 Å². The first-order valence-corrected chi connectivity index (χ1v) is 8.66. The Morgan fingerprint density at radius 2 is 2.08 bits per heavy atom. The van der Waals surface area contributed by atoms with E-state index in [1.807, 2.05) is 36.4 Å². The molecule has 2 aromatic carbocycles.